The molecule has 0 radical (unpaired) electrons. The van der Waals surface area contributed by atoms with Crippen LogP contribution in [0.4, 0.5) is 4.79 Å². The SMILES string of the molecule is CC(C)CN1CCOC(CNC(=O)NC2CCN(Cc3ccccc3)CC2)C1. The molecule has 2 fully saturated rings. The third-order valence-electron chi connectivity index (χ3n) is 5.51. The molecule has 2 aliphatic heterocycles. The lowest BCUT2D eigenvalue weighted by atomic mass is 10.0. The third kappa shape index (κ3) is 7.08. The highest BCUT2D eigenvalue weighted by Crippen LogP contribution is 2.14. The fraction of sp³-hybridized carbons (Fsp3) is 0.682. The molecule has 2 aliphatic rings. The second-order valence-corrected chi connectivity index (χ2v) is 8.54. The monoisotopic (exact) mass is 388 g/mol. The minimum Gasteiger partial charge on any atom is -0.374 e. The maximum atomic E-state index is 12.3. The molecule has 2 saturated heterocycles. The van der Waals surface area contributed by atoms with E-state index in [0.717, 1.165) is 58.7 Å². The summed E-state index contributed by atoms with van der Waals surface area (Å²) in [5.41, 5.74) is 1.35. The first-order chi connectivity index (χ1) is 13.6. The Balaban J connectivity index is 1.31. The molecule has 2 N–H and O–H groups in total. The number of hydrogen-bond donors (Lipinski definition) is 2. The van der Waals surface area contributed by atoms with Crippen LogP contribution >= 0.6 is 0 Å². The number of urea groups is 1. The first-order valence-corrected chi connectivity index (χ1v) is 10.7. The lowest BCUT2D eigenvalue weighted by Gasteiger charge is -2.34. The molecule has 28 heavy (non-hydrogen) atoms. The summed E-state index contributed by atoms with van der Waals surface area (Å²) in [6.45, 7) is 11.8. The third-order valence-corrected chi connectivity index (χ3v) is 5.51. The van der Waals surface area contributed by atoms with Gasteiger partial charge in [0.1, 0.15) is 0 Å². The molecule has 2 amide bonds. The van der Waals surface area contributed by atoms with E-state index >= 15 is 0 Å². The van der Waals surface area contributed by atoms with E-state index in [-0.39, 0.29) is 18.2 Å². The molecule has 6 heteroatoms. The number of nitrogens with one attached hydrogen (secondary N) is 2. The van der Waals surface area contributed by atoms with Gasteiger partial charge in [-0.3, -0.25) is 9.80 Å². The number of carbonyl (C=O) groups excluding carboxylic acids is 1. The zero-order valence-electron chi connectivity index (χ0n) is 17.4. The molecule has 1 unspecified atom stereocenters. The first kappa shape index (κ1) is 21.1. The van der Waals surface area contributed by atoms with Crippen molar-refractivity contribution in [3.05, 3.63) is 35.9 Å². The zero-order valence-corrected chi connectivity index (χ0v) is 17.4. The topological polar surface area (TPSA) is 56.8 Å². The smallest absolute Gasteiger partial charge is 0.315 e. The Bertz CT molecular complexity index is 587. The van der Waals surface area contributed by atoms with E-state index in [9.17, 15) is 4.79 Å². The van der Waals surface area contributed by atoms with Crippen LogP contribution in [-0.2, 0) is 11.3 Å². The molecule has 0 aliphatic carbocycles. The van der Waals surface area contributed by atoms with Crippen molar-refractivity contribution in [2.75, 3.05) is 45.9 Å². The van der Waals surface area contributed by atoms with E-state index in [0.29, 0.717) is 12.5 Å². The average molecular weight is 389 g/mol. The van der Waals surface area contributed by atoms with Crippen molar-refractivity contribution >= 4 is 6.03 Å². The van der Waals surface area contributed by atoms with Gasteiger partial charge in [0.05, 0.1) is 12.7 Å². The highest BCUT2D eigenvalue weighted by atomic mass is 16.5. The Morgan fingerprint density at radius 1 is 1.14 bits per heavy atom. The average Bonchev–Trinajstić information content (AvgIpc) is 2.69. The van der Waals surface area contributed by atoms with Gasteiger partial charge in [0.15, 0.2) is 0 Å². The highest BCUT2D eigenvalue weighted by molar-refractivity contribution is 5.74. The summed E-state index contributed by atoms with van der Waals surface area (Å²) in [4.78, 5) is 17.2. The summed E-state index contributed by atoms with van der Waals surface area (Å²) in [5.74, 6) is 0.655. The molecular formula is C22H36N4O2. The Morgan fingerprint density at radius 2 is 1.89 bits per heavy atom. The van der Waals surface area contributed by atoms with Crippen molar-refractivity contribution in [1.29, 1.82) is 0 Å². The summed E-state index contributed by atoms with van der Waals surface area (Å²) in [7, 11) is 0. The Kier molecular flexibility index (Phi) is 8.13. The van der Waals surface area contributed by atoms with Gasteiger partial charge in [-0.25, -0.2) is 4.79 Å². The van der Waals surface area contributed by atoms with Crippen molar-refractivity contribution in [1.82, 2.24) is 20.4 Å². The molecule has 3 rings (SSSR count). The fourth-order valence-electron chi connectivity index (χ4n) is 4.11. The molecular weight excluding hydrogens is 352 g/mol. The van der Waals surface area contributed by atoms with Crippen molar-refractivity contribution in [2.45, 2.75) is 45.4 Å². The highest BCUT2D eigenvalue weighted by Gasteiger charge is 2.23. The fourth-order valence-corrected chi connectivity index (χ4v) is 4.11. The van der Waals surface area contributed by atoms with Crippen LogP contribution in [0.3, 0.4) is 0 Å². The second kappa shape index (κ2) is 10.8. The molecule has 0 spiro atoms. The molecule has 1 atom stereocenters. The normalized spacial score (nSPS) is 22.3. The van der Waals surface area contributed by atoms with Crippen LogP contribution in [0.25, 0.3) is 0 Å². The number of piperidine rings is 1. The van der Waals surface area contributed by atoms with E-state index in [4.69, 9.17) is 4.74 Å². The van der Waals surface area contributed by atoms with E-state index in [2.05, 4.69) is 64.6 Å². The quantitative estimate of drug-likeness (QED) is 0.753. The number of amides is 2. The maximum Gasteiger partial charge on any atom is 0.315 e. The van der Waals surface area contributed by atoms with Gasteiger partial charge in [-0.15, -0.1) is 0 Å². The van der Waals surface area contributed by atoms with Gasteiger partial charge in [-0.1, -0.05) is 44.2 Å². The summed E-state index contributed by atoms with van der Waals surface area (Å²) < 4.78 is 5.81. The number of morpholine rings is 1. The van der Waals surface area contributed by atoms with Crippen LogP contribution in [0.5, 0.6) is 0 Å². The minimum absolute atomic E-state index is 0.0638. The summed E-state index contributed by atoms with van der Waals surface area (Å²) in [5, 5.41) is 6.15. The van der Waals surface area contributed by atoms with Crippen LogP contribution in [0.15, 0.2) is 30.3 Å². The van der Waals surface area contributed by atoms with Gasteiger partial charge in [0, 0.05) is 51.9 Å². The molecule has 2 heterocycles. The van der Waals surface area contributed by atoms with Gasteiger partial charge in [-0.2, -0.15) is 0 Å². The molecule has 156 valence electrons. The zero-order chi connectivity index (χ0) is 19.8. The van der Waals surface area contributed by atoms with Crippen molar-refractivity contribution in [2.24, 2.45) is 5.92 Å². The van der Waals surface area contributed by atoms with Gasteiger partial charge >= 0.3 is 6.03 Å². The predicted octanol–water partition coefficient (Wildman–Crippen LogP) is 2.31. The summed E-state index contributed by atoms with van der Waals surface area (Å²) in [6.07, 6.45) is 2.09. The van der Waals surface area contributed by atoms with Crippen LogP contribution in [0.1, 0.15) is 32.3 Å². The number of rotatable bonds is 7. The Morgan fingerprint density at radius 3 is 2.61 bits per heavy atom. The lowest BCUT2D eigenvalue weighted by molar-refractivity contribution is -0.0290. The van der Waals surface area contributed by atoms with E-state index < -0.39 is 0 Å². The number of ether oxygens (including phenoxy) is 1. The maximum absolute atomic E-state index is 12.3. The summed E-state index contributed by atoms with van der Waals surface area (Å²) in [6, 6.07) is 10.8. The molecule has 0 saturated carbocycles. The van der Waals surface area contributed by atoms with Gasteiger partial charge in [0.25, 0.3) is 0 Å². The number of hydrogen-bond acceptors (Lipinski definition) is 4. The van der Waals surface area contributed by atoms with E-state index in [1.165, 1.54) is 5.56 Å². The number of carbonyl (C=O) groups is 1. The molecule has 1 aromatic rings. The first-order valence-electron chi connectivity index (χ1n) is 10.7. The van der Waals surface area contributed by atoms with E-state index in [1.54, 1.807) is 0 Å². The predicted molar refractivity (Wildman–Crippen MR) is 112 cm³/mol. The Labute approximate surface area is 169 Å². The number of likely N-dealkylation sites (tertiary alicyclic amines) is 1. The number of nitrogens with zero attached hydrogens (tertiary/aromatic N) is 2. The van der Waals surface area contributed by atoms with Gasteiger partial charge < -0.3 is 15.4 Å². The van der Waals surface area contributed by atoms with Crippen LogP contribution in [0.2, 0.25) is 0 Å². The van der Waals surface area contributed by atoms with Gasteiger partial charge in [-0.05, 0) is 24.3 Å². The van der Waals surface area contributed by atoms with Crippen LogP contribution < -0.4 is 10.6 Å². The van der Waals surface area contributed by atoms with Crippen molar-refractivity contribution in [3.8, 4) is 0 Å². The molecule has 6 nitrogen and oxygen atoms in total. The Hall–Kier alpha value is -1.63. The van der Waals surface area contributed by atoms with Crippen molar-refractivity contribution < 1.29 is 9.53 Å². The van der Waals surface area contributed by atoms with Crippen LogP contribution in [-0.4, -0.2) is 73.9 Å². The molecule has 0 bridgehead atoms. The summed E-state index contributed by atoms with van der Waals surface area (Å²) >= 11 is 0. The van der Waals surface area contributed by atoms with Gasteiger partial charge in [0.2, 0.25) is 0 Å². The largest absolute Gasteiger partial charge is 0.374 e. The molecule has 1 aromatic carbocycles. The standard InChI is InChI=1S/C22H36N4O2/c1-18(2)15-26-12-13-28-21(17-26)14-23-22(27)24-20-8-10-25(11-9-20)16-19-6-4-3-5-7-19/h3-7,18,20-21H,8-17H2,1-2H3,(H2,23,24,27). The molecule has 0 aromatic heterocycles. The minimum atomic E-state index is -0.0638. The lowest BCUT2D eigenvalue weighted by Crippen LogP contribution is -2.52. The van der Waals surface area contributed by atoms with E-state index in [1.807, 2.05) is 0 Å². The second-order valence-electron chi connectivity index (χ2n) is 8.54. The van der Waals surface area contributed by atoms with Crippen molar-refractivity contribution in [3.63, 3.8) is 0 Å². The number of benzene rings is 1. The van der Waals surface area contributed by atoms with Crippen LogP contribution in [0, 0.1) is 5.92 Å².